The third-order valence-corrected chi connectivity index (χ3v) is 4.81. The average Bonchev–Trinajstić information content (AvgIpc) is 2.62. The van der Waals surface area contributed by atoms with Crippen LogP contribution in [0.15, 0.2) is 54.9 Å². The second kappa shape index (κ2) is 6.62. The maximum atomic E-state index is 4.33. The van der Waals surface area contributed by atoms with E-state index in [1.807, 2.05) is 12.4 Å². The van der Waals surface area contributed by atoms with Crippen molar-refractivity contribution >= 4 is 16.5 Å². The van der Waals surface area contributed by atoms with Gasteiger partial charge in [-0.1, -0.05) is 29.8 Å². The summed E-state index contributed by atoms with van der Waals surface area (Å²) in [4.78, 5) is 4.33. The molecule has 1 aliphatic rings. The molecule has 0 amide bonds. The molecule has 2 aromatic carbocycles. The normalized spacial score (nSPS) is 15.5. The largest absolute Gasteiger partial charge is 0.382 e. The fraction of sp³-hybridized carbons (Fsp3) is 0.286. The van der Waals surface area contributed by atoms with E-state index >= 15 is 0 Å². The van der Waals surface area contributed by atoms with Crippen molar-refractivity contribution in [1.82, 2.24) is 10.3 Å². The number of pyridine rings is 1. The van der Waals surface area contributed by atoms with E-state index < -0.39 is 0 Å². The molecule has 122 valence electrons. The van der Waals surface area contributed by atoms with Crippen LogP contribution in [-0.2, 0) is 0 Å². The molecule has 2 heterocycles. The third-order valence-electron chi connectivity index (χ3n) is 4.81. The minimum Gasteiger partial charge on any atom is -0.382 e. The van der Waals surface area contributed by atoms with Crippen LogP contribution in [0.25, 0.3) is 21.9 Å². The van der Waals surface area contributed by atoms with Crippen LogP contribution < -0.4 is 10.6 Å². The van der Waals surface area contributed by atoms with Gasteiger partial charge in [-0.3, -0.25) is 4.98 Å². The molecule has 1 aromatic heterocycles. The van der Waals surface area contributed by atoms with Crippen LogP contribution >= 0.6 is 0 Å². The van der Waals surface area contributed by atoms with Crippen LogP contribution in [-0.4, -0.2) is 24.1 Å². The maximum Gasteiger partial charge on any atom is 0.0443 e. The Bertz CT molecular complexity index is 851. The molecule has 0 aliphatic carbocycles. The Morgan fingerprint density at radius 2 is 1.92 bits per heavy atom. The van der Waals surface area contributed by atoms with E-state index in [1.165, 1.54) is 33.2 Å². The quantitative estimate of drug-likeness (QED) is 0.753. The molecule has 3 heteroatoms. The second-order valence-corrected chi connectivity index (χ2v) is 6.66. The summed E-state index contributed by atoms with van der Waals surface area (Å²) in [6, 6.07) is 15.9. The zero-order valence-corrected chi connectivity index (χ0v) is 14.0. The highest BCUT2D eigenvalue weighted by Crippen LogP contribution is 2.32. The predicted octanol–water partition coefficient (Wildman–Crippen LogP) is 4.37. The lowest BCUT2D eigenvalue weighted by Crippen LogP contribution is -2.35. The van der Waals surface area contributed by atoms with E-state index in [1.54, 1.807) is 0 Å². The van der Waals surface area contributed by atoms with Crippen LogP contribution in [0, 0.1) is 6.92 Å². The standard InChI is InChI=1S/C21H23N3/c1-15-3-2-4-16(11-15)18-12-17-5-8-23-14-20(17)21(13-18)24-19-6-9-22-10-7-19/h2-5,8,11-14,19,22,24H,6-7,9-10H2,1H3. The summed E-state index contributed by atoms with van der Waals surface area (Å²) in [5, 5.41) is 9.64. The van der Waals surface area contributed by atoms with Crippen LogP contribution in [0.1, 0.15) is 18.4 Å². The fourth-order valence-electron chi connectivity index (χ4n) is 3.50. The lowest BCUT2D eigenvalue weighted by molar-refractivity contribution is 0.479. The van der Waals surface area contributed by atoms with Gasteiger partial charge in [0.05, 0.1) is 0 Å². The van der Waals surface area contributed by atoms with Crippen molar-refractivity contribution in [3.05, 3.63) is 60.4 Å². The van der Waals surface area contributed by atoms with Gasteiger partial charge in [-0.05, 0) is 67.6 Å². The van der Waals surface area contributed by atoms with E-state index in [0.717, 1.165) is 25.9 Å². The number of fused-ring (bicyclic) bond motifs is 1. The summed E-state index contributed by atoms with van der Waals surface area (Å²) in [7, 11) is 0. The summed E-state index contributed by atoms with van der Waals surface area (Å²) in [6.07, 6.45) is 6.17. The molecule has 0 radical (unpaired) electrons. The summed E-state index contributed by atoms with van der Waals surface area (Å²) in [6.45, 7) is 4.32. The van der Waals surface area contributed by atoms with Gasteiger partial charge in [-0.25, -0.2) is 0 Å². The van der Waals surface area contributed by atoms with Gasteiger partial charge in [0, 0.05) is 29.5 Å². The van der Waals surface area contributed by atoms with E-state index in [-0.39, 0.29) is 0 Å². The molecule has 0 unspecified atom stereocenters. The smallest absolute Gasteiger partial charge is 0.0443 e. The van der Waals surface area contributed by atoms with E-state index in [0.29, 0.717) is 6.04 Å². The summed E-state index contributed by atoms with van der Waals surface area (Å²) in [5.74, 6) is 0. The van der Waals surface area contributed by atoms with Crippen molar-refractivity contribution in [3.63, 3.8) is 0 Å². The molecule has 4 rings (SSSR count). The van der Waals surface area contributed by atoms with Gasteiger partial charge < -0.3 is 10.6 Å². The van der Waals surface area contributed by atoms with Crippen molar-refractivity contribution in [2.45, 2.75) is 25.8 Å². The number of aryl methyl sites for hydroxylation is 1. The molecule has 24 heavy (non-hydrogen) atoms. The molecule has 1 fully saturated rings. The lowest BCUT2D eigenvalue weighted by Gasteiger charge is -2.25. The monoisotopic (exact) mass is 317 g/mol. The first-order valence-electron chi connectivity index (χ1n) is 8.72. The molecule has 0 saturated carbocycles. The predicted molar refractivity (Wildman–Crippen MR) is 101 cm³/mol. The second-order valence-electron chi connectivity index (χ2n) is 6.66. The lowest BCUT2D eigenvalue weighted by atomic mass is 9.98. The first-order chi connectivity index (χ1) is 11.8. The maximum absolute atomic E-state index is 4.33. The number of hydrogen-bond acceptors (Lipinski definition) is 3. The summed E-state index contributed by atoms with van der Waals surface area (Å²) in [5.41, 5.74) is 5.01. The van der Waals surface area contributed by atoms with Crippen molar-refractivity contribution in [1.29, 1.82) is 0 Å². The van der Waals surface area contributed by atoms with Gasteiger partial charge in [0.2, 0.25) is 0 Å². The highest BCUT2D eigenvalue weighted by atomic mass is 15.0. The summed E-state index contributed by atoms with van der Waals surface area (Å²) < 4.78 is 0. The van der Waals surface area contributed by atoms with Crippen LogP contribution in [0.5, 0.6) is 0 Å². The Balaban J connectivity index is 1.78. The molecule has 0 bridgehead atoms. The van der Waals surface area contributed by atoms with Gasteiger partial charge in [0.15, 0.2) is 0 Å². The molecular formula is C21H23N3. The molecule has 0 atom stereocenters. The molecule has 0 spiro atoms. The van der Waals surface area contributed by atoms with Gasteiger partial charge in [0.25, 0.3) is 0 Å². The first kappa shape index (κ1) is 15.2. The highest BCUT2D eigenvalue weighted by Gasteiger charge is 2.14. The number of benzene rings is 2. The van der Waals surface area contributed by atoms with Crippen LogP contribution in [0.2, 0.25) is 0 Å². The average molecular weight is 317 g/mol. The molecule has 1 aliphatic heterocycles. The van der Waals surface area contributed by atoms with Crippen molar-refractivity contribution in [2.24, 2.45) is 0 Å². The highest BCUT2D eigenvalue weighted by molar-refractivity contribution is 5.97. The van der Waals surface area contributed by atoms with Crippen LogP contribution in [0.4, 0.5) is 5.69 Å². The van der Waals surface area contributed by atoms with Gasteiger partial charge in [0.1, 0.15) is 0 Å². The zero-order chi connectivity index (χ0) is 16.4. The number of hydrogen-bond donors (Lipinski definition) is 2. The van der Waals surface area contributed by atoms with E-state index in [4.69, 9.17) is 0 Å². The van der Waals surface area contributed by atoms with Gasteiger partial charge in [-0.2, -0.15) is 0 Å². The number of nitrogens with zero attached hydrogens (tertiary/aromatic N) is 1. The Morgan fingerprint density at radius 3 is 2.75 bits per heavy atom. The van der Waals surface area contributed by atoms with E-state index in [9.17, 15) is 0 Å². The minimum atomic E-state index is 0.530. The Morgan fingerprint density at radius 1 is 1.04 bits per heavy atom. The minimum absolute atomic E-state index is 0.530. The van der Waals surface area contributed by atoms with Crippen LogP contribution in [0.3, 0.4) is 0 Å². The molecule has 2 N–H and O–H groups in total. The molecular weight excluding hydrogens is 294 g/mol. The van der Waals surface area contributed by atoms with Crippen molar-refractivity contribution in [3.8, 4) is 11.1 Å². The zero-order valence-electron chi connectivity index (χ0n) is 14.0. The number of rotatable bonds is 3. The Labute approximate surface area is 143 Å². The Kier molecular flexibility index (Phi) is 4.18. The van der Waals surface area contributed by atoms with Crippen molar-refractivity contribution < 1.29 is 0 Å². The SMILES string of the molecule is Cc1cccc(-c2cc(NC3CCNCC3)c3cnccc3c2)c1. The molecule has 3 aromatic rings. The summed E-state index contributed by atoms with van der Waals surface area (Å²) >= 11 is 0. The Hall–Kier alpha value is -2.39. The van der Waals surface area contributed by atoms with Gasteiger partial charge in [-0.15, -0.1) is 0 Å². The molecule has 3 nitrogen and oxygen atoms in total. The number of piperidine rings is 1. The first-order valence-corrected chi connectivity index (χ1v) is 8.72. The number of aromatic nitrogens is 1. The number of anilines is 1. The number of nitrogens with one attached hydrogen (secondary N) is 2. The topological polar surface area (TPSA) is 37.0 Å². The van der Waals surface area contributed by atoms with Crippen molar-refractivity contribution in [2.75, 3.05) is 18.4 Å². The van der Waals surface area contributed by atoms with E-state index in [2.05, 4.69) is 65.0 Å². The molecule has 1 saturated heterocycles. The fourth-order valence-corrected chi connectivity index (χ4v) is 3.50. The van der Waals surface area contributed by atoms with Gasteiger partial charge >= 0.3 is 0 Å². The third kappa shape index (κ3) is 3.13.